The van der Waals surface area contributed by atoms with Crippen LogP contribution >= 0.6 is 0 Å². The Morgan fingerprint density at radius 1 is 1.19 bits per heavy atom. The van der Waals surface area contributed by atoms with Gasteiger partial charge in [-0.1, -0.05) is 42.0 Å². The summed E-state index contributed by atoms with van der Waals surface area (Å²) in [6.07, 6.45) is 0.771. The summed E-state index contributed by atoms with van der Waals surface area (Å²) in [5, 5.41) is 3.36. The maximum absolute atomic E-state index is 12.5. The third-order valence-electron chi connectivity index (χ3n) is 5.10. The van der Waals surface area contributed by atoms with E-state index in [4.69, 9.17) is 0 Å². The molecule has 2 aliphatic heterocycles. The van der Waals surface area contributed by atoms with E-state index in [0.29, 0.717) is 19.5 Å². The Morgan fingerprint density at radius 2 is 1.89 bits per heavy atom. The van der Waals surface area contributed by atoms with Crippen LogP contribution in [0.1, 0.15) is 24.8 Å². The standard InChI is InChI=1S/C20H27F3N4/c1-24-19(25-18-9-10-26(14-18)15-20(21,22)23)27-11-7-17(8-12-27)13-16-5-3-2-4-6-16/h2-6,13,18H,7-12,14-15H2,1H3,(H,24,25). The molecule has 7 heteroatoms. The summed E-state index contributed by atoms with van der Waals surface area (Å²) in [6.45, 7) is 1.79. The molecule has 1 aromatic rings. The predicted octanol–water partition coefficient (Wildman–Crippen LogP) is 3.38. The zero-order valence-corrected chi connectivity index (χ0v) is 15.7. The van der Waals surface area contributed by atoms with Crippen molar-refractivity contribution in [3.05, 3.63) is 41.5 Å². The minimum Gasteiger partial charge on any atom is -0.352 e. The fourth-order valence-corrected chi connectivity index (χ4v) is 3.76. The Bertz CT molecular complexity index is 660. The van der Waals surface area contributed by atoms with Crippen LogP contribution in [0.5, 0.6) is 0 Å². The van der Waals surface area contributed by atoms with Gasteiger partial charge >= 0.3 is 6.18 Å². The van der Waals surface area contributed by atoms with E-state index in [0.717, 1.165) is 31.9 Å². The van der Waals surface area contributed by atoms with Crippen molar-refractivity contribution in [2.24, 2.45) is 4.99 Å². The minimum absolute atomic E-state index is 0.0207. The summed E-state index contributed by atoms with van der Waals surface area (Å²) in [7, 11) is 1.74. The number of benzene rings is 1. The number of nitrogens with zero attached hydrogens (tertiary/aromatic N) is 3. The first-order valence-electron chi connectivity index (χ1n) is 9.45. The van der Waals surface area contributed by atoms with Crippen molar-refractivity contribution in [1.82, 2.24) is 15.1 Å². The number of guanidine groups is 1. The first-order valence-corrected chi connectivity index (χ1v) is 9.45. The van der Waals surface area contributed by atoms with E-state index >= 15 is 0 Å². The van der Waals surface area contributed by atoms with Gasteiger partial charge in [0, 0.05) is 39.3 Å². The lowest BCUT2D eigenvalue weighted by Gasteiger charge is -2.33. The minimum atomic E-state index is -4.13. The number of hydrogen-bond donors (Lipinski definition) is 1. The zero-order valence-electron chi connectivity index (χ0n) is 15.7. The fourth-order valence-electron chi connectivity index (χ4n) is 3.76. The van der Waals surface area contributed by atoms with Gasteiger partial charge in [0.25, 0.3) is 0 Å². The maximum atomic E-state index is 12.5. The summed E-state index contributed by atoms with van der Waals surface area (Å²) < 4.78 is 37.6. The van der Waals surface area contributed by atoms with Crippen molar-refractivity contribution in [3.8, 4) is 0 Å². The van der Waals surface area contributed by atoms with Crippen molar-refractivity contribution in [3.63, 3.8) is 0 Å². The zero-order chi connectivity index (χ0) is 19.3. The van der Waals surface area contributed by atoms with Crippen LogP contribution in [-0.2, 0) is 0 Å². The topological polar surface area (TPSA) is 30.9 Å². The first-order chi connectivity index (χ1) is 12.9. The number of aliphatic imine (C=N–C) groups is 1. The normalized spacial score (nSPS) is 22.2. The molecule has 0 bridgehead atoms. The molecular formula is C20H27F3N4. The highest BCUT2D eigenvalue weighted by Gasteiger charge is 2.34. The maximum Gasteiger partial charge on any atom is 0.401 e. The Labute approximate surface area is 158 Å². The molecule has 1 aromatic carbocycles. The van der Waals surface area contributed by atoms with Crippen LogP contribution in [0, 0.1) is 0 Å². The molecule has 0 radical (unpaired) electrons. The van der Waals surface area contributed by atoms with E-state index < -0.39 is 12.7 Å². The summed E-state index contributed by atoms with van der Waals surface area (Å²) in [4.78, 5) is 8.02. The highest BCUT2D eigenvalue weighted by atomic mass is 19.4. The Balaban J connectivity index is 1.49. The number of alkyl halides is 3. The molecule has 4 nitrogen and oxygen atoms in total. The van der Waals surface area contributed by atoms with Gasteiger partial charge in [0.1, 0.15) is 0 Å². The molecule has 0 aromatic heterocycles. The number of nitrogens with one attached hydrogen (secondary N) is 1. The Morgan fingerprint density at radius 3 is 2.52 bits per heavy atom. The van der Waals surface area contributed by atoms with E-state index in [-0.39, 0.29) is 6.04 Å². The second-order valence-corrected chi connectivity index (χ2v) is 7.23. The summed E-state index contributed by atoms with van der Waals surface area (Å²) in [5.74, 6) is 0.799. The number of likely N-dealkylation sites (tertiary alicyclic amines) is 2. The number of halogens is 3. The van der Waals surface area contributed by atoms with Crippen molar-refractivity contribution in [2.45, 2.75) is 31.5 Å². The second kappa shape index (κ2) is 8.78. The molecule has 148 valence electrons. The summed E-state index contributed by atoms with van der Waals surface area (Å²) in [6, 6.07) is 10.3. The molecule has 2 heterocycles. The largest absolute Gasteiger partial charge is 0.401 e. The monoisotopic (exact) mass is 380 g/mol. The summed E-state index contributed by atoms with van der Waals surface area (Å²) >= 11 is 0. The van der Waals surface area contributed by atoms with Crippen LogP contribution in [-0.4, -0.2) is 67.7 Å². The molecule has 0 amide bonds. The highest BCUT2D eigenvalue weighted by Crippen LogP contribution is 2.22. The lowest BCUT2D eigenvalue weighted by molar-refractivity contribution is -0.143. The predicted molar refractivity (Wildman–Crippen MR) is 103 cm³/mol. The van der Waals surface area contributed by atoms with E-state index in [1.54, 1.807) is 7.05 Å². The van der Waals surface area contributed by atoms with E-state index in [1.807, 2.05) is 18.2 Å². The molecular weight excluding hydrogens is 353 g/mol. The second-order valence-electron chi connectivity index (χ2n) is 7.23. The third-order valence-corrected chi connectivity index (χ3v) is 5.10. The van der Waals surface area contributed by atoms with Gasteiger partial charge in [0.05, 0.1) is 6.54 Å². The number of piperidine rings is 1. The quantitative estimate of drug-likeness (QED) is 0.644. The average Bonchev–Trinajstić information content (AvgIpc) is 3.06. The molecule has 0 saturated carbocycles. The fraction of sp³-hybridized carbons (Fsp3) is 0.550. The van der Waals surface area contributed by atoms with Crippen LogP contribution < -0.4 is 5.32 Å². The van der Waals surface area contributed by atoms with Gasteiger partial charge in [0.15, 0.2) is 5.96 Å². The third kappa shape index (κ3) is 5.99. The molecule has 2 saturated heterocycles. The Hall–Kier alpha value is -2.02. The number of rotatable bonds is 3. The molecule has 27 heavy (non-hydrogen) atoms. The average molecular weight is 380 g/mol. The molecule has 2 fully saturated rings. The van der Waals surface area contributed by atoms with Gasteiger partial charge in [-0.3, -0.25) is 9.89 Å². The van der Waals surface area contributed by atoms with E-state index in [9.17, 15) is 13.2 Å². The SMILES string of the molecule is CN=C(NC1CCN(CC(F)(F)F)C1)N1CCC(=Cc2ccccc2)CC1. The van der Waals surface area contributed by atoms with Crippen LogP contribution in [0.3, 0.4) is 0 Å². The van der Waals surface area contributed by atoms with Crippen LogP contribution in [0.4, 0.5) is 13.2 Å². The van der Waals surface area contributed by atoms with Gasteiger partial charge in [-0.2, -0.15) is 13.2 Å². The van der Waals surface area contributed by atoms with Crippen molar-refractivity contribution >= 4 is 12.0 Å². The van der Waals surface area contributed by atoms with Gasteiger partial charge in [0.2, 0.25) is 0 Å². The smallest absolute Gasteiger partial charge is 0.352 e. The first kappa shape index (κ1) is 19.7. The van der Waals surface area contributed by atoms with Crippen LogP contribution in [0.25, 0.3) is 6.08 Å². The van der Waals surface area contributed by atoms with E-state index in [2.05, 4.69) is 33.4 Å². The van der Waals surface area contributed by atoms with Crippen molar-refractivity contribution in [2.75, 3.05) is 39.8 Å². The lowest BCUT2D eigenvalue weighted by Crippen LogP contribution is -2.49. The highest BCUT2D eigenvalue weighted by molar-refractivity contribution is 5.80. The van der Waals surface area contributed by atoms with Crippen LogP contribution in [0.2, 0.25) is 0 Å². The van der Waals surface area contributed by atoms with Crippen molar-refractivity contribution < 1.29 is 13.2 Å². The molecule has 0 aliphatic carbocycles. The van der Waals surface area contributed by atoms with Gasteiger partial charge in [-0.15, -0.1) is 0 Å². The van der Waals surface area contributed by atoms with Crippen molar-refractivity contribution in [1.29, 1.82) is 0 Å². The van der Waals surface area contributed by atoms with E-state index in [1.165, 1.54) is 16.0 Å². The molecule has 2 aliphatic rings. The Kier molecular flexibility index (Phi) is 6.42. The summed E-state index contributed by atoms with van der Waals surface area (Å²) in [5.41, 5.74) is 2.64. The molecule has 1 atom stereocenters. The van der Waals surface area contributed by atoms with Gasteiger partial charge < -0.3 is 10.2 Å². The molecule has 3 rings (SSSR count). The molecule has 1 unspecified atom stereocenters. The van der Waals surface area contributed by atoms with Crippen LogP contribution in [0.15, 0.2) is 40.9 Å². The lowest BCUT2D eigenvalue weighted by atomic mass is 10.0. The molecule has 1 N–H and O–H groups in total. The van der Waals surface area contributed by atoms with Gasteiger partial charge in [-0.25, -0.2) is 0 Å². The van der Waals surface area contributed by atoms with Gasteiger partial charge in [-0.05, 0) is 24.8 Å². The molecule has 0 spiro atoms. The number of hydrogen-bond acceptors (Lipinski definition) is 2.